The molecule has 2 fully saturated rings. The number of oxime groups is 1. The number of unbranched alkanes of at least 4 members (excludes halogenated alkanes) is 11. The fourth-order valence-corrected chi connectivity index (χ4v) is 10.1. The molecule has 0 bridgehead atoms. The largest absolute Gasteiger partial charge is 0.459 e. The molecule has 0 spiro atoms. The maximum absolute atomic E-state index is 13.9. The number of ether oxygens (including phenoxy) is 5. The molecule has 1 saturated heterocycles. The highest BCUT2D eigenvalue weighted by Gasteiger charge is 2.65. The van der Waals surface area contributed by atoms with Crippen molar-refractivity contribution in [1.29, 1.82) is 0 Å². The first-order valence-electron chi connectivity index (χ1n) is 24.6. The summed E-state index contributed by atoms with van der Waals surface area (Å²) in [5.74, 6) is -1.18. The van der Waals surface area contributed by atoms with E-state index < -0.39 is 36.2 Å². The second-order valence-corrected chi connectivity index (χ2v) is 18.0. The van der Waals surface area contributed by atoms with E-state index >= 15 is 0 Å². The number of fused-ring (bicyclic) bond motifs is 2. The van der Waals surface area contributed by atoms with E-state index in [2.05, 4.69) is 31.5 Å². The van der Waals surface area contributed by atoms with Crippen LogP contribution in [0.1, 0.15) is 153 Å². The molecular weight excluding hydrogens is 815 g/mol. The Labute approximate surface area is 383 Å². The fourth-order valence-electron chi connectivity index (χ4n) is 10.1. The molecule has 358 valence electrons. The number of rotatable bonds is 29. The van der Waals surface area contributed by atoms with Crippen molar-refractivity contribution in [3.05, 3.63) is 60.7 Å². The predicted molar refractivity (Wildman–Crippen MR) is 249 cm³/mol. The highest BCUT2D eigenvalue weighted by Crippen LogP contribution is 2.62. The standard InChI is InChI=1S/C51H79N3O10/c1-5-8-10-11-12-13-14-15-16-20-29-52-49(57)62-39-27-28-44-42(36-39)47-40(25-18-22-31-56)38(24-17-21-30-55)35-41-43(53-64-46-26-19-23-34-59-46)37-45(54(4)50(58)60-33-9-6-2)51(63-44,48(41)47)61-32-7-3/h6-7,27-28,35-36,38,40,45-48,55-56H,2-3,5,8-26,29-34,37H2,1,4H3,(H,52,57). The molecule has 13 heteroatoms. The van der Waals surface area contributed by atoms with Gasteiger partial charge in [0.25, 0.3) is 0 Å². The molecular formula is C51H79N3O10. The number of nitrogens with one attached hydrogen (secondary N) is 1. The Kier molecular flexibility index (Phi) is 22.0. The minimum absolute atomic E-state index is 0.0150. The molecule has 2 amide bonds. The Morgan fingerprint density at radius 1 is 0.953 bits per heavy atom. The third kappa shape index (κ3) is 14.0. The van der Waals surface area contributed by atoms with E-state index in [1.54, 1.807) is 30.2 Å². The minimum atomic E-state index is -1.43. The number of aliphatic hydroxyl groups excluding tert-OH is 2. The van der Waals surface area contributed by atoms with Crippen LogP contribution in [0.25, 0.3) is 0 Å². The van der Waals surface area contributed by atoms with Crippen LogP contribution >= 0.6 is 0 Å². The van der Waals surface area contributed by atoms with Crippen LogP contribution in [0.4, 0.5) is 9.59 Å². The van der Waals surface area contributed by atoms with Gasteiger partial charge in [-0.25, -0.2) is 9.59 Å². The first-order valence-corrected chi connectivity index (χ1v) is 24.6. The topological polar surface area (TPSA) is 158 Å². The summed E-state index contributed by atoms with van der Waals surface area (Å²) in [5.41, 5.74) is 2.44. The van der Waals surface area contributed by atoms with Crippen LogP contribution in [0.3, 0.4) is 0 Å². The lowest BCUT2D eigenvalue weighted by molar-refractivity contribution is -0.254. The molecule has 0 radical (unpaired) electrons. The van der Waals surface area contributed by atoms with Crippen molar-refractivity contribution >= 4 is 17.9 Å². The maximum atomic E-state index is 13.9. The third-order valence-corrected chi connectivity index (χ3v) is 13.4. The van der Waals surface area contributed by atoms with E-state index in [0.29, 0.717) is 49.6 Å². The summed E-state index contributed by atoms with van der Waals surface area (Å²) >= 11 is 0. The quantitative estimate of drug-likeness (QED) is 0.0402. The number of nitrogens with zero attached hydrogens (tertiary/aromatic N) is 2. The number of allylic oxidation sites excluding steroid dienone is 1. The average molecular weight is 894 g/mol. The molecule has 2 heterocycles. The van der Waals surface area contributed by atoms with E-state index in [1.807, 2.05) is 12.1 Å². The molecule has 13 nitrogen and oxygen atoms in total. The van der Waals surface area contributed by atoms with Crippen LogP contribution in [0.2, 0.25) is 0 Å². The molecule has 64 heavy (non-hydrogen) atoms. The van der Waals surface area contributed by atoms with Crippen LogP contribution in [-0.2, 0) is 19.0 Å². The second-order valence-electron chi connectivity index (χ2n) is 18.0. The highest BCUT2D eigenvalue weighted by atomic mass is 16.8. The van der Waals surface area contributed by atoms with Crippen LogP contribution in [-0.4, -0.2) is 97.8 Å². The zero-order valence-corrected chi connectivity index (χ0v) is 39.0. The first-order chi connectivity index (χ1) is 31.3. The van der Waals surface area contributed by atoms with Crippen molar-refractivity contribution in [3.63, 3.8) is 0 Å². The molecule has 2 aliphatic carbocycles. The SMILES string of the molecule is C=CCCOC(=O)N(C)C1CC(=NOC2CCCCO2)C2=CC(CCCCO)C(CCCCO)C3c4cc(OC(=O)NCCCCCCCCCCCC)ccc4OC1(OCC=C)C23. The summed E-state index contributed by atoms with van der Waals surface area (Å²) in [4.78, 5) is 34.9. The van der Waals surface area contributed by atoms with Crippen molar-refractivity contribution in [2.45, 2.75) is 166 Å². The molecule has 5 rings (SSSR count). The van der Waals surface area contributed by atoms with Crippen molar-refractivity contribution in [1.82, 2.24) is 10.2 Å². The summed E-state index contributed by atoms with van der Waals surface area (Å²) in [7, 11) is 1.70. The Hall–Kier alpha value is -3.91. The van der Waals surface area contributed by atoms with E-state index in [1.165, 1.54) is 44.9 Å². The number of carbonyl (C=O) groups excluding carboxylic acids is 2. The Morgan fingerprint density at radius 2 is 1.69 bits per heavy atom. The van der Waals surface area contributed by atoms with Crippen molar-refractivity contribution in [2.75, 3.05) is 46.6 Å². The van der Waals surface area contributed by atoms with Crippen LogP contribution in [0, 0.1) is 17.8 Å². The number of benzene rings is 1. The van der Waals surface area contributed by atoms with E-state index in [9.17, 15) is 19.8 Å². The number of carbonyl (C=O) groups is 2. The van der Waals surface area contributed by atoms with Gasteiger partial charge < -0.3 is 49.0 Å². The second kappa shape index (κ2) is 27.5. The van der Waals surface area contributed by atoms with Gasteiger partial charge in [-0.15, -0.1) is 13.2 Å². The van der Waals surface area contributed by atoms with Crippen LogP contribution in [0.5, 0.6) is 11.5 Å². The summed E-state index contributed by atoms with van der Waals surface area (Å²) in [6, 6.07) is 4.78. The Balaban J connectivity index is 1.51. The van der Waals surface area contributed by atoms with Crippen molar-refractivity contribution < 1.29 is 48.3 Å². The zero-order valence-electron chi connectivity index (χ0n) is 39.0. The van der Waals surface area contributed by atoms with Gasteiger partial charge >= 0.3 is 12.2 Å². The predicted octanol–water partition coefficient (Wildman–Crippen LogP) is 10.5. The number of amides is 2. The van der Waals surface area contributed by atoms with Gasteiger partial charge in [-0.1, -0.05) is 101 Å². The number of hydrogen-bond donors (Lipinski definition) is 3. The fraction of sp³-hybridized carbons (Fsp3) is 0.706. The number of aliphatic hydroxyl groups is 2. The van der Waals surface area contributed by atoms with Gasteiger partial charge in [-0.2, -0.15) is 0 Å². The number of hydrogen-bond acceptors (Lipinski definition) is 11. The van der Waals surface area contributed by atoms with E-state index in [0.717, 1.165) is 75.3 Å². The Bertz CT molecular complexity index is 1660. The lowest BCUT2D eigenvalue weighted by Crippen LogP contribution is -2.69. The zero-order chi connectivity index (χ0) is 45.6. The Morgan fingerprint density at radius 3 is 2.38 bits per heavy atom. The van der Waals surface area contributed by atoms with Crippen LogP contribution in [0.15, 0.2) is 60.3 Å². The summed E-state index contributed by atoms with van der Waals surface area (Å²) in [6.45, 7) is 11.6. The average Bonchev–Trinajstić information content (AvgIpc) is 3.30. The van der Waals surface area contributed by atoms with Crippen LogP contribution < -0.4 is 14.8 Å². The molecule has 1 aromatic carbocycles. The summed E-state index contributed by atoms with van der Waals surface area (Å²) < 4.78 is 31.8. The molecule has 4 aliphatic rings. The van der Waals surface area contributed by atoms with Gasteiger partial charge in [0.05, 0.1) is 31.5 Å². The maximum Gasteiger partial charge on any atom is 0.412 e. The van der Waals surface area contributed by atoms with Crippen molar-refractivity contribution in [2.24, 2.45) is 22.9 Å². The van der Waals surface area contributed by atoms with E-state index in [-0.39, 0.29) is 50.6 Å². The van der Waals surface area contributed by atoms with Gasteiger partial charge in [0.15, 0.2) is 0 Å². The molecule has 7 atom stereocenters. The van der Waals surface area contributed by atoms with E-state index in [4.69, 9.17) is 33.7 Å². The van der Waals surface area contributed by atoms with Gasteiger partial charge in [0, 0.05) is 51.1 Å². The summed E-state index contributed by atoms with van der Waals surface area (Å²) in [6.07, 6.45) is 24.2. The van der Waals surface area contributed by atoms with Gasteiger partial charge in [0.2, 0.25) is 12.1 Å². The normalized spacial score (nSPS) is 25.2. The molecule has 1 aromatic rings. The molecule has 7 unspecified atom stereocenters. The molecule has 3 N–H and O–H groups in total. The first kappa shape index (κ1) is 51.1. The molecule has 2 aliphatic heterocycles. The molecule has 1 saturated carbocycles. The third-order valence-electron chi connectivity index (χ3n) is 13.4. The van der Waals surface area contributed by atoms with Gasteiger partial charge in [-0.3, -0.25) is 0 Å². The lowest BCUT2D eigenvalue weighted by Gasteiger charge is -2.59. The number of likely N-dealkylation sites (N-methyl/N-ethyl adjacent to an activating group) is 1. The molecule has 0 aromatic heterocycles. The minimum Gasteiger partial charge on any atom is -0.459 e. The van der Waals surface area contributed by atoms with Gasteiger partial charge in [-0.05, 0) is 87.0 Å². The smallest absolute Gasteiger partial charge is 0.412 e. The van der Waals surface area contributed by atoms with Crippen molar-refractivity contribution in [3.8, 4) is 11.5 Å². The summed E-state index contributed by atoms with van der Waals surface area (Å²) in [5, 5.41) is 27.6. The lowest BCUT2D eigenvalue weighted by atomic mass is 9.55. The monoisotopic (exact) mass is 894 g/mol. The highest BCUT2D eigenvalue weighted by molar-refractivity contribution is 6.03. The van der Waals surface area contributed by atoms with Gasteiger partial charge in [0.1, 0.15) is 17.5 Å².